The van der Waals surface area contributed by atoms with E-state index in [2.05, 4.69) is 10.0 Å². The molecule has 0 aliphatic carbocycles. The van der Waals surface area contributed by atoms with Crippen LogP contribution in [0.3, 0.4) is 0 Å². The van der Waals surface area contributed by atoms with Gasteiger partial charge in [-0.15, -0.1) is 0 Å². The van der Waals surface area contributed by atoms with Gasteiger partial charge in [0.25, 0.3) is 15.9 Å². The molecule has 2 rings (SSSR count). The zero-order valence-corrected chi connectivity index (χ0v) is 12.4. The van der Waals surface area contributed by atoms with E-state index in [0.717, 1.165) is 0 Å². The Hall–Kier alpha value is -2.34. The summed E-state index contributed by atoms with van der Waals surface area (Å²) < 4.78 is 27.0. The quantitative estimate of drug-likeness (QED) is 0.889. The van der Waals surface area contributed by atoms with E-state index < -0.39 is 10.0 Å². The molecule has 0 fully saturated rings. The van der Waals surface area contributed by atoms with E-state index in [-0.39, 0.29) is 16.5 Å². The van der Waals surface area contributed by atoms with Crippen LogP contribution in [-0.4, -0.2) is 20.9 Å². The van der Waals surface area contributed by atoms with Gasteiger partial charge in [0.1, 0.15) is 0 Å². The van der Waals surface area contributed by atoms with Crippen LogP contribution in [-0.2, 0) is 10.0 Å². The maximum absolute atomic E-state index is 12.3. The number of amides is 1. The Balaban J connectivity index is 2.34. The molecule has 0 aliphatic rings. The molecule has 0 aliphatic heterocycles. The lowest BCUT2D eigenvalue weighted by Gasteiger charge is -2.12. The van der Waals surface area contributed by atoms with E-state index >= 15 is 0 Å². The highest BCUT2D eigenvalue weighted by atomic mass is 32.2. The smallest absolute Gasteiger partial charge is 0.261 e. The number of hydrogen-bond acceptors (Lipinski definition) is 3. The molecule has 0 saturated carbocycles. The molecule has 0 aromatic heterocycles. The van der Waals surface area contributed by atoms with Crippen molar-refractivity contribution in [3.8, 4) is 0 Å². The molecule has 2 aromatic rings. The van der Waals surface area contributed by atoms with Crippen LogP contribution < -0.4 is 10.0 Å². The van der Waals surface area contributed by atoms with Crippen molar-refractivity contribution in [1.82, 2.24) is 5.32 Å². The third-order valence-corrected chi connectivity index (χ3v) is 4.19. The molecule has 0 radical (unpaired) electrons. The number of carbonyl (C=O) groups is 1. The Morgan fingerprint density at radius 1 is 1.00 bits per heavy atom. The molecule has 2 aromatic carbocycles. The molecule has 6 heteroatoms. The Morgan fingerprint density at radius 2 is 1.62 bits per heavy atom. The minimum atomic E-state index is -3.71. The average Bonchev–Trinajstić information content (AvgIpc) is 2.48. The predicted molar refractivity (Wildman–Crippen MR) is 81.7 cm³/mol. The second kappa shape index (κ2) is 6.41. The molecule has 0 bridgehead atoms. The molecule has 21 heavy (non-hydrogen) atoms. The van der Waals surface area contributed by atoms with Crippen molar-refractivity contribution in [3.05, 3.63) is 60.2 Å². The normalized spacial score (nSPS) is 10.9. The van der Waals surface area contributed by atoms with Gasteiger partial charge in [0.05, 0.1) is 16.1 Å². The lowest BCUT2D eigenvalue weighted by molar-refractivity contribution is 0.0956. The fourth-order valence-corrected chi connectivity index (χ4v) is 2.93. The molecule has 110 valence electrons. The standard InChI is InChI=1S/C15H16N2O3S/c1-2-16-15(18)13-10-6-7-11-14(13)17-21(19,20)12-8-4-3-5-9-12/h3-11,17H,2H2,1H3,(H,16,18). The van der Waals surface area contributed by atoms with Gasteiger partial charge in [0, 0.05) is 6.54 Å². The molecule has 0 atom stereocenters. The largest absolute Gasteiger partial charge is 0.352 e. The van der Waals surface area contributed by atoms with Crippen LogP contribution in [0.5, 0.6) is 0 Å². The highest BCUT2D eigenvalue weighted by Crippen LogP contribution is 2.19. The van der Waals surface area contributed by atoms with Gasteiger partial charge in [0.2, 0.25) is 0 Å². The van der Waals surface area contributed by atoms with Gasteiger partial charge in [-0.25, -0.2) is 8.42 Å². The summed E-state index contributed by atoms with van der Waals surface area (Å²) in [4.78, 5) is 12.1. The minimum Gasteiger partial charge on any atom is -0.352 e. The van der Waals surface area contributed by atoms with E-state index in [9.17, 15) is 13.2 Å². The topological polar surface area (TPSA) is 75.3 Å². The van der Waals surface area contributed by atoms with Crippen LogP contribution in [0.15, 0.2) is 59.5 Å². The molecule has 0 spiro atoms. The highest BCUT2D eigenvalue weighted by molar-refractivity contribution is 7.92. The van der Waals surface area contributed by atoms with Gasteiger partial charge in [-0.05, 0) is 31.2 Å². The van der Waals surface area contributed by atoms with E-state index in [0.29, 0.717) is 12.1 Å². The van der Waals surface area contributed by atoms with Crippen molar-refractivity contribution in [1.29, 1.82) is 0 Å². The molecular weight excluding hydrogens is 288 g/mol. The SMILES string of the molecule is CCNC(=O)c1ccccc1NS(=O)(=O)c1ccccc1. The van der Waals surface area contributed by atoms with Gasteiger partial charge >= 0.3 is 0 Å². The van der Waals surface area contributed by atoms with E-state index in [1.807, 2.05) is 0 Å². The molecular formula is C15H16N2O3S. The van der Waals surface area contributed by atoms with E-state index in [1.165, 1.54) is 12.1 Å². The van der Waals surface area contributed by atoms with Crippen LogP contribution in [0.4, 0.5) is 5.69 Å². The lowest BCUT2D eigenvalue weighted by Crippen LogP contribution is -2.24. The molecule has 2 N–H and O–H groups in total. The predicted octanol–water partition coefficient (Wildman–Crippen LogP) is 2.24. The molecule has 0 heterocycles. The van der Waals surface area contributed by atoms with Gasteiger partial charge in [-0.3, -0.25) is 9.52 Å². The number of anilines is 1. The van der Waals surface area contributed by atoms with Crippen LogP contribution >= 0.6 is 0 Å². The van der Waals surface area contributed by atoms with E-state index in [4.69, 9.17) is 0 Å². The Morgan fingerprint density at radius 3 is 2.29 bits per heavy atom. The highest BCUT2D eigenvalue weighted by Gasteiger charge is 2.17. The monoisotopic (exact) mass is 304 g/mol. The first-order chi connectivity index (χ1) is 10.0. The maximum Gasteiger partial charge on any atom is 0.261 e. The van der Waals surface area contributed by atoms with Crippen LogP contribution in [0, 0.1) is 0 Å². The van der Waals surface area contributed by atoms with Gasteiger partial charge in [-0.1, -0.05) is 30.3 Å². The summed E-state index contributed by atoms with van der Waals surface area (Å²) in [5, 5.41) is 2.65. The molecule has 5 nitrogen and oxygen atoms in total. The fourth-order valence-electron chi connectivity index (χ4n) is 1.83. The third-order valence-electron chi connectivity index (χ3n) is 2.81. The van der Waals surface area contributed by atoms with Gasteiger partial charge < -0.3 is 5.32 Å². The van der Waals surface area contributed by atoms with Crippen LogP contribution in [0.2, 0.25) is 0 Å². The van der Waals surface area contributed by atoms with Gasteiger partial charge in [0.15, 0.2) is 0 Å². The van der Waals surface area contributed by atoms with Crippen molar-refractivity contribution in [2.75, 3.05) is 11.3 Å². The Bertz CT molecular complexity index is 728. The Labute approximate surface area is 124 Å². The summed E-state index contributed by atoms with van der Waals surface area (Å²) in [5.41, 5.74) is 0.547. The second-order valence-corrected chi connectivity index (χ2v) is 6.01. The van der Waals surface area contributed by atoms with Crippen molar-refractivity contribution in [2.45, 2.75) is 11.8 Å². The first-order valence-corrected chi connectivity index (χ1v) is 7.98. The molecule has 0 saturated heterocycles. The molecule has 0 unspecified atom stereocenters. The second-order valence-electron chi connectivity index (χ2n) is 4.32. The zero-order chi connectivity index (χ0) is 15.3. The zero-order valence-electron chi connectivity index (χ0n) is 11.5. The summed E-state index contributed by atoms with van der Waals surface area (Å²) >= 11 is 0. The number of hydrogen-bond donors (Lipinski definition) is 2. The maximum atomic E-state index is 12.3. The number of rotatable bonds is 5. The van der Waals surface area contributed by atoms with Crippen molar-refractivity contribution in [2.24, 2.45) is 0 Å². The fraction of sp³-hybridized carbons (Fsp3) is 0.133. The summed E-state index contributed by atoms with van der Waals surface area (Å²) in [5.74, 6) is -0.316. The summed E-state index contributed by atoms with van der Waals surface area (Å²) in [6.45, 7) is 2.27. The Kier molecular flexibility index (Phi) is 4.59. The van der Waals surface area contributed by atoms with E-state index in [1.54, 1.807) is 49.4 Å². The summed E-state index contributed by atoms with van der Waals surface area (Å²) in [6.07, 6.45) is 0. The lowest BCUT2D eigenvalue weighted by atomic mass is 10.2. The van der Waals surface area contributed by atoms with Crippen molar-refractivity contribution < 1.29 is 13.2 Å². The first-order valence-electron chi connectivity index (χ1n) is 6.49. The minimum absolute atomic E-state index is 0.149. The van der Waals surface area contributed by atoms with Crippen molar-refractivity contribution in [3.63, 3.8) is 0 Å². The first kappa shape index (κ1) is 15.1. The number of benzene rings is 2. The average molecular weight is 304 g/mol. The summed E-state index contributed by atoms with van der Waals surface area (Å²) in [7, 11) is -3.71. The molecule has 1 amide bonds. The van der Waals surface area contributed by atoms with Gasteiger partial charge in [-0.2, -0.15) is 0 Å². The number of nitrogens with one attached hydrogen (secondary N) is 2. The van der Waals surface area contributed by atoms with Crippen LogP contribution in [0.1, 0.15) is 17.3 Å². The third kappa shape index (κ3) is 3.61. The van der Waals surface area contributed by atoms with Crippen molar-refractivity contribution >= 4 is 21.6 Å². The van der Waals surface area contributed by atoms with Crippen LogP contribution in [0.25, 0.3) is 0 Å². The number of para-hydroxylation sites is 1. The number of sulfonamides is 1. The number of carbonyl (C=O) groups excluding carboxylic acids is 1. The summed E-state index contributed by atoms with van der Waals surface area (Å²) in [6, 6.07) is 14.5.